The van der Waals surface area contributed by atoms with Crippen LogP contribution in [0.4, 0.5) is 0 Å². The zero-order valence-electron chi connectivity index (χ0n) is 13.3. The van der Waals surface area contributed by atoms with Crippen molar-refractivity contribution < 1.29 is 14.3 Å². The van der Waals surface area contributed by atoms with Gasteiger partial charge in [0.2, 0.25) is 5.91 Å². The second-order valence-corrected chi connectivity index (χ2v) is 7.12. The number of carbonyl (C=O) groups excluding carboxylic acids is 2. The van der Waals surface area contributed by atoms with Gasteiger partial charge in [0.25, 0.3) is 0 Å². The topological polar surface area (TPSA) is 58.6 Å². The predicted octanol–water partition coefficient (Wildman–Crippen LogP) is 2.11. The first-order chi connectivity index (χ1) is 11.0. The molecule has 1 saturated heterocycles. The zero-order valence-corrected chi connectivity index (χ0v) is 14.8. The molecule has 126 valence electrons. The van der Waals surface area contributed by atoms with Gasteiger partial charge in [-0.3, -0.25) is 9.59 Å². The lowest BCUT2D eigenvalue weighted by atomic mass is 10.1. The molecule has 1 aliphatic heterocycles. The fraction of sp³-hybridized carbons (Fsp3) is 0.500. The van der Waals surface area contributed by atoms with Crippen LogP contribution in [-0.4, -0.2) is 54.5 Å². The molecule has 1 aliphatic rings. The lowest BCUT2D eigenvalue weighted by Crippen LogP contribution is -2.48. The number of halogens is 1. The first-order valence-corrected chi connectivity index (χ1v) is 8.90. The van der Waals surface area contributed by atoms with Gasteiger partial charge in [-0.1, -0.05) is 23.7 Å². The van der Waals surface area contributed by atoms with Gasteiger partial charge in [0.05, 0.1) is 13.7 Å². The Morgan fingerprint density at radius 2 is 2.13 bits per heavy atom. The van der Waals surface area contributed by atoms with E-state index in [0.29, 0.717) is 18.1 Å². The summed E-state index contributed by atoms with van der Waals surface area (Å²) in [4.78, 5) is 25.7. The van der Waals surface area contributed by atoms with Gasteiger partial charge in [-0.25, -0.2) is 0 Å². The van der Waals surface area contributed by atoms with Crippen LogP contribution in [0, 0.1) is 0 Å². The normalized spacial score (nSPS) is 19.3. The maximum atomic E-state index is 12.3. The van der Waals surface area contributed by atoms with Crippen molar-refractivity contribution in [1.29, 1.82) is 0 Å². The summed E-state index contributed by atoms with van der Waals surface area (Å²) in [5.41, 5.74) is 1.07. The monoisotopic (exact) mass is 356 g/mol. The molecule has 7 heteroatoms. The predicted molar refractivity (Wildman–Crippen MR) is 92.7 cm³/mol. The molecular weight excluding hydrogens is 336 g/mol. The Morgan fingerprint density at radius 3 is 2.78 bits per heavy atom. The van der Waals surface area contributed by atoms with Crippen LogP contribution in [0.3, 0.4) is 0 Å². The number of nitrogens with one attached hydrogen (secondary N) is 1. The Hall–Kier alpha value is -1.24. The number of benzene rings is 1. The molecule has 0 bridgehead atoms. The Balaban J connectivity index is 1.84. The maximum Gasteiger partial charge on any atom is 0.320 e. The summed E-state index contributed by atoms with van der Waals surface area (Å²) in [5.74, 6) is 0.480. The van der Waals surface area contributed by atoms with Gasteiger partial charge < -0.3 is 15.0 Å². The second kappa shape index (κ2) is 8.57. The largest absolute Gasteiger partial charge is 0.468 e. The molecule has 0 unspecified atom stereocenters. The van der Waals surface area contributed by atoms with Gasteiger partial charge >= 0.3 is 5.97 Å². The average molecular weight is 357 g/mol. The Morgan fingerprint density at radius 1 is 1.43 bits per heavy atom. The third-order valence-corrected chi connectivity index (χ3v) is 5.23. The molecular formula is C16H21ClN2O3S. The molecule has 1 heterocycles. The average Bonchev–Trinajstić information content (AvgIpc) is 2.59. The van der Waals surface area contributed by atoms with E-state index in [9.17, 15) is 9.59 Å². The Labute approximate surface area is 145 Å². The molecule has 2 rings (SSSR count). The molecule has 0 spiro atoms. The fourth-order valence-electron chi connectivity index (χ4n) is 2.37. The molecule has 0 aliphatic carbocycles. The summed E-state index contributed by atoms with van der Waals surface area (Å²) >= 11 is 7.41. The van der Waals surface area contributed by atoms with E-state index < -0.39 is 0 Å². The third kappa shape index (κ3) is 5.12. The molecule has 23 heavy (non-hydrogen) atoms. The molecule has 1 aromatic carbocycles. The molecule has 1 fully saturated rings. The van der Waals surface area contributed by atoms with Crippen molar-refractivity contribution in [1.82, 2.24) is 10.2 Å². The highest BCUT2D eigenvalue weighted by molar-refractivity contribution is 8.00. The van der Waals surface area contributed by atoms with E-state index >= 15 is 0 Å². The molecule has 0 radical (unpaired) electrons. The molecule has 1 aromatic rings. The van der Waals surface area contributed by atoms with Crippen molar-refractivity contribution in [2.45, 2.75) is 18.2 Å². The van der Waals surface area contributed by atoms with Gasteiger partial charge in [-0.2, -0.15) is 0 Å². The van der Waals surface area contributed by atoms with E-state index in [-0.39, 0.29) is 29.7 Å². The quantitative estimate of drug-likeness (QED) is 0.819. The number of rotatable bonds is 5. The summed E-state index contributed by atoms with van der Waals surface area (Å²) in [5, 5.41) is 3.62. The second-order valence-electron chi connectivity index (χ2n) is 5.38. The van der Waals surface area contributed by atoms with Crippen LogP contribution in [-0.2, 0) is 14.3 Å². The van der Waals surface area contributed by atoms with Crippen molar-refractivity contribution in [2.24, 2.45) is 0 Å². The number of amides is 1. The lowest BCUT2D eigenvalue weighted by molar-refractivity contribution is -0.141. The number of thioether (sulfide) groups is 1. The van der Waals surface area contributed by atoms with E-state index in [1.807, 2.05) is 31.2 Å². The van der Waals surface area contributed by atoms with Crippen LogP contribution in [0.1, 0.15) is 18.5 Å². The molecule has 0 aromatic heterocycles. The van der Waals surface area contributed by atoms with Crippen LogP contribution in [0.2, 0.25) is 5.02 Å². The van der Waals surface area contributed by atoms with Crippen molar-refractivity contribution in [3.8, 4) is 0 Å². The summed E-state index contributed by atoms with van der Waals surface area (Å²) in [6.07, 6.45) is 0. The first-order valence-electron chi connectivity index (χ1n) is 7.47. The van der Waals surface area contributed by atoms with E-state index in [4.69, 9.17) is 16.3 Å². The minimum atomic E-state index is -0.286. The van der Waals surface area contributed by atoms with E-state index in [1.165, 1.54) is 18.9 Å². The summed E-state index contributed by atoms with van der Waals surface area (Å²) in [6.45, 7) is 3.31. The molecule has 0 saturated carbocycles. The maximum absolute atomic E-state index is 12.3. The van der Waals surface area contributed by atoms with Gasteiger partial charge in [-0.05, 0) is 24.6 Å². The first kappa shape index (κ1) is 18.1. The Bertz CT molecular complexity index is 553. The van der Waals surface area contributed by atoms with E-state index in [1.54, 1.807) is 4.90 Å². The standard InChI is InChI=1S/C16H21ClN2O3S/c1-11(12-3-5-13(17)6-4-12)18-9-15(20)19-7-8-23-14(10-19)16(21)22-2/h3-6,11,14,18H,7-10H2,1-2H3/t11-,14+/m1/s1. The fourth-order valence-corrected chi connectivity index (χ4v) is 3.63. The van der Waals surface area contributed by atoms with Crippen molar-refractivity contribution >= 4 is 35.2 Å². The molecule has 5 nitrogen and oxygen atoms in total. The summed E-state index contributed by atoms with van der Waals surface area (Å²) in [6, 6.07) is 7.59. The van der Waals surface area contributed by atoms with Crippen LogP contribution < -0.4 is 5.32 Å². The van der Waals surface area contributed by atoms with Crippen molar-refractivity contribution in [3.05, 3.63) is 34.9 Å². The van der Waals surface area contributed by atoms with Crippen molar-refractivity contribution in [2.75, 3.05) is 32.5 Å². The number of ether oxygens (including phenoxy) is 1. The van der Waals surface area contributed by atoms with Crippen LogP contribution in [0.25, 0.3) is 0 Å². The lowest BCUT2D eigenvalue weighted by Gasteiger charge is -2.31. The highest BCUT2D eigenvalue weighted by Crippen LogP contribution is 2.20. The zero-order chi connectivity index (χ0) is 16.8. The van der Waals surface area contributed by atoms with E-state index in [0.717, 1.165) is 11.3 Å². The highest BCUT2D eigenvalue weighted by atomic mass is 35.5. The number of hydrogen-bond donors (Lipinski definition) is 1. The summed E-state index contributed by atoms with van der Waals surface area (Å²) in [7, 11) is 1.37. The van der Waals surface area contributed by atoms with Gasteiger partial charge in [-0.15, -0.1) is 11.8 Å². The molecule has 1 amide bonds. The highest BCUT2D eigenvalue weighted by Gasteiger charge is 2.29. The number of esters is 1. The third-order valence-electron chi connectivity index (χ3n) is 3.81. The minimum absolute atomic E-state index is 0.0000154. The Kier molecular flexibility index (Phi) is 6.74. The van der Waals surface area contributed by atoms with Gasteiger partial charge in [0.15, 0.2) is 0 Å². The van der Waals surface area contributed by atoms with Crippen molar-refractivity contribution in [3.63, 3.8) is 0 Å². The molecule has 1 N–H and O–H groups in total. The SMILES string of the molecule is COC(=O)[C@@H]1CN(C(=O)CN[C@H](C)c2ccc(Cl)cc2)CCS1. The summed E-state index contributed by atoms with van der Waals surface area (Å²) < 4.78 is 4.76. The smallest absolute Gasteiger partial charge is 0.320 e. The number of hydrogen-bond acceptors (Lipinski definition) is 5. The molecule has 2 atom stereocenters. The van der Waals surface area contributed by atoms with Crippen LogP contribution in [0.15, 0.2) is 24.3 Å². The van der Waals surface area contributed by atoms with Crippen LogP contribution in [0.5, 0.6) is 0 Å². The van der Waals surface area contributed by atoms with Gasteiger partial charge in [0.1, 0.15) is 5.25 Å². The number of methoxy groups -OCH3 is 1. The van der Waals surface area contributed by atoms with Gasteiger partial charge in [0, 0.05) is 29.9 Å². The minimum Gasteiger partial charge on any atom is -0.468 e. The van der Waals surface area contributed by atoms with E-state index in [2.05, 4.69) is 5.32 Å². The van der Waals surface area contributed by atoms with Crippen LogP contribution >= 0.6 is 23.4 Å². The number of nitrogens with zero attached hydrogens (tertiary/aromatic N) is 1. The number of carbonyl (C=O) groups is 2.